The third-order valence-electron chi connectivity index (χ3n) is 8.22. The van der Waals surface area contributed by atoms with Crippen molar-refractivity contribution in [2.75, 3.05) is 0 Å². The van der Waals surface area contributed by atoms with Gasteiger partial charge in [-0.1, -0.05) is 48.5 Å². The van der Waals surface area contributed by atoms with Gasteiger partial charge in [-0.25, -0.2) is 9.97 Å². The maximum absolute atomic E-state index is 6.44. The number of hydrogen-bond acceptors (Lipinski definition) is 4. The summed E-state index contributed by atoms with van der Waals surface area (Å²) in [6, 6.07) is 41.0. The first-order valence-corrected chi connectivity index (χ1v) is 14.2. The van der Waals surface area contributed by atoms with Crippen LogP contribution >= 0.6 is 0 Å². The van der Waals surface area contributed by atoms with Crippen LogP contribution in [0.4, 0.5) is 0 Å². The number of benzene rings is 5. The van der Waals surface area contributed by atoms with Gasteiger partial charge in [-0.05, 0) is 60.7 Å². The average molecular weight is 557 g/mol. The molecule has 0 radical (unpaired) electrons. The first-order chi connectivity index (χ1) is 21.2. The first kappa shape index (κ1) is 23.8. The molecule has 6 heteroatoms. The Kier molecular flexibility index (Phi) is 5.01. The molecule has 4 aromatic heterocycles. The van der Waals surface area contributed by atoms with Crippen molar-refractivity contribution in [2.24, 2.45) is 7.05 Å². The van der Waals surface area contributed by atoms with Crippen LogP contribution in [0.15, 0.2) is 132 Å². The fraction of sp³-hybridized carbons (Fsp3) is 0.0270. The van der Waals surface area contributed by atoms with Crippen LogP contribution in [-0.2, 0) is 7.05 Å². The molecule has 0 atom stereocenters. The van der Waals surface area contributed by atoms with E-state index in [1.807, 2.05) is 86.0 Å². The van der Waals surface area contributed by atoms with Crippen molar-refractivity contribution >= 4 is 54.9 Å². The number of fused-ring (bicyclic) bond motifs is 7. The van der Waals surface area contributed by atoms with Crippen LogP contribution in [0.25, 0.3) is 72.0 Å². The van der Waals surface area contributed by atoms with Gasteiger partial charge in [-0.15, -0.1) is 0 Å². The van der Waals surface area contributed by atoms with Gasteiger partial charge in [0.05, 0.1) is 22.2 Å². The molecule has 5 aromatic carbocycles. The van der Waals surface area contributed by atoms with Crippen LogP contribution < -0.4 is 4.74 Å². The van der Waals surface area contributed by atoms with Crippen LogP contribution in [0.2, 0.25) is 0 Å². The molecule has 6 nitrogen and oxygen atoms in total. The Morgan fingerprint density at radius 3 is 2.37 bits per heavy atom. The molecular formula is C37H24N4O2. The van der Waals surface area contributed by atoms with E-state index in [-0.39, 0.29) is 0 Å². The summed E-state index contributed by atoms with van der Waals surface area (Å²) >= 11 is 0. The number of para-hydroxylation sites is 3. The summed E-state index contributed by atoms with van der Waals surface area (Å²) in [5.74, 6) is 2.37. The number of aromatic nitrogens is 4. The lowest BCUT2D eigenvalue weighted by Gasteiger charge is -2.11. The summed E-state index contributed by atoms with van der Waals surface area (Å²) in [5.41, 5.74) is 7.66. The van der Waals surface area contributed by atoms with Crippen molar-refractivity contribution in [3.63, 3.8) is 0 Å². The number of imidazole rings is 1. The number of hydrogen-bond donors (Lipinski definition) is 0. The van der Waals surface area contributed by atoms with Gasteiger partial charge < -0.3 is 13.7 Å². The van der Waals surface area contributed by atoms with Gasteiger partial charge in [-0.3, -0.25) is 4.57 Å². The van der Waals surface area contributed by atoms with Crippen molar-refractivity contribution in [3.05, 3.63) is 128 Å². The highest BCUT2D eigenvalue weighted by molar-refractivity contribution is 6.16. The fourth-order valence-corrected chi connectivity index (χ4v) is 6.25. The van der Waals surface area contributed by atoms with E-state index in [0.29, 0.717) is 0 Å². The van der Waals surface area contributed by atoms with Crippen molar-refractivity contribution < 1.29 is 9.15 Å². The second-order valence-corrected chi connectivity index (χ2v) is 10.8. The van der Waals surface area contributed by atoms with Gasteiger partial charge in [0.1, 0.15) is 34.1 Å². The van der Waals surface area contributed by atoms with E-state index in [2.05, 4.69) is 57.7 Å². The number of rotatable bonds is 4. The number of furan rings is 1. The van der Waals surface area contributed by atoms with E-state index in [0.717, 1.165) is 83.5 Å². The number of nitrogens with zero attached hydrogens (tertiary/aromatic N) is 4. The number of ether oxygens (including phenoxy) is 1. The Morgan fingerprint density at radius 2 is 1.44 bits per heavy atom. The SMILES string of the molecule is Cn1c(-c2cccc(Oc3cccc(-n4c5cc6oc7ccccc7c6cc5c5cccnc54)c3)c2)nc2ccccc21. The topological polar surface area (TPSA) is 58.0 Å². The molecule has 0 amide bonds. The zero-order valence-corrected chi connectivity index (χ0v) is 23.2. The third-order valence-corrected chi connectivity index (χ3v) is 8.22. The summed E-state index contributed by atoms with van der Waals surface area (Å²) < 4.78 is 17.0. The molecule has 0 fully saturated rings. The average Bonchev–Trinajstić information content (AvgIpc) is 3.69. The molecule has 9 aromatic rings. The lowest BCUT2D eigenvalue weighted by Crippen LogP contribution is -1.96. The lowest BCUT2D eigenvalue weighted by atomic mass is 10.1. The predicted molar refractivity (Wildman–Crippen MR) is 172 cm³/mol. The molecule has 9 rings (SSSR count). The molecular weight excluding hydrogens is 532 g/mol. The van der Waals surface area contributed by atoms with Crippen LogP contribution in [0.3, 0.4) is 0 Å². The van der Waals surface area contributed by atoms with E-state index in [1.54, 1.807) is 0 Å². The Morgan fingerprint density at radius 1 is 0.628 bits per heavy atom. The van der Waals surface area contributed by atoms with Gasteiger partial charge in [0.25, 0.3) is 0 Å². The minimum absolute atomic E-state index is 0.732. The first-order valence-electron chi connectivity index (χ1n) is 14.2. The van der Waals surface area contributed by atoms with Crippen molar-refractivity contribution in [1.29, 1.82) is 0 Å². The Bertz CT molecular complexity index is 2520. The number of aryl methyl sites for hydroxylation is 1. The molecule has 0 aliphatic carbocycles. The van der Waals surface area contributed by atoms with Crippen LogP contribution in [-0.4, -0.2) is 19.1 Å². The molecule has 204 valence electrons. The molecule has 0 unspecified atom stereocenters. The maximum Gasteiger partial charge on any atom is 0.145 e. The molecule has 0 spiro atoms. The van der Waals surface area contributed by atoms with Gasteiger partial charge in [0, 0.05) is 52.5 Å². The molecule has 43 heavy (non-hydrogen) atoms. The van der Waals surface area contributed by atoms with Crippen LogP contribution in [0.1, 0.15) is 0 Å². The van der Waals surface area contributed by atoms with Crippen molar-refractivity contribution in [2.45, 2.75) is 0 Å². The van der Waals surface area contributed by atoms with Gasteiger partial charge >= 0.3 is 0 Å². The molecule has 0 N–H and O–H groups in total. The minimum atomic E-state index is 0.732. The summed E-state index contributed by atoms with van der Waals surface area (Å²) in [6.07, 6.45) is 1.84. The van der Waals surface area contributed by atoms with Crippen molar-refractivity contribution in [1.82, 2.24) is 19.1 Å². The fourth-order valence-electron chi connectivity index (χ4n) is 6.25. The molecule has 0 aliphatic rings. The summed E-state index contributed by atoms with van der Waals surface area (Å²) in [5, 5.41) is 4.43. The van der Waals surface area contributed by atoms with Crippen LogP contribution in [0.5, 0.6) is 11.5 Å². The second kappa shape index (κ2) is 9.06. The standard InChI is InChI=1S/C37H24N4O2/c1-40-32-16-4-3-15-31(32)39-36(40)23-9-6-11-25(19-23)42-26-12-7-10-24(20-26)41-33-22-35-30(27-13-2-5-17-34(27)43-35)21-29(33)28-14-8-18-38-37(28)41/h2-22H,1H3. The van der Waals surface area contributed by atoms with E-state index in [1.165, 1.54) is 0 Å². The summed E-state index contributed by atoms with van der Waals surface area (Å²) in [4.78, 5) is 9.66. The molecule has 0 saturated carbocycles. The third kappa shape index (κ3) is 3.66. The quantitative estimate of drug-likeness (QED) is 0.217. The van der Waals surface area contributed by atoms with E-state index < -0.39 is 0 Å². The van der Waals surface area contributed by atoms with Crippen LogP contribution in [0, 0.1) is 0 Å². The van der Waals surface area contributed by atoms with Gasteiger partial charge in [-0.2, -0.15) is 0 Å². The van der Waals surface area contributed by atoms with E-state index in [9.17, 15) is 0 Å². The highest BCUT2D eigenvalue weighted by atomic mass is 16.5. The number of pyridine rings is 1. The normalized spacial score (nSPS) is 11.8. The Labute approximate surface area is 246 Å². The van der Waals surface area contributed by atoms with E-state index in [4.69, 9.17) is 19.1 Å². The van der Waals surface area contributed by atoms with Gasteiger partial charge in [0.15, 0.2) is 0 Å². The van der Waals surface area contributed by atoms with Crippen molar-refractivity contribution in [3.8, 4) is 28.6 Å². The largest absolute Gasteiger partial charge is 0.457 e. The molecule has 0 bridgehead atoms. The van der Waals surface area contributed by atoms with Gasteiger partial charge in [0.2, 0.25) is 0 Å². The molecule has 0 aliphatic heterocycles. The van der Waals surface area contributed by atoms with E-state index >= 15 is 0 Å². The maximum atomic E-state index is 6.44. The molecule has 0 saturated heterocycles. The monoisotopic (exact) mass is 556 g/mol. The lowest BCUT2D eigenvalue weighted by molar-refractivity contribution is 0.482. The zero-order valence-electron chi connectivity index (χ0n) is 23.2. The zero-order chi connectivity index (χ0) is 28.5. The highest BCUT2D eigenvalue weighted by Gasteiger charge is 2.17. The smallest absolute Gasteiger partial charge is 0.145 e. The molecule has 4 heterocycles. The summed E-state index contributed by atoms with van der Waals surface area (Å²) in [6.45, 7) is 0. The predicted octanol–water partition coefficient (Wildman–Crippen LogP) is 9.42. The minimum Gasteiger partial charge on any atom is -0.457 e. The summed E-state index contributed by atoms with van der Waals surface area (Å²) in [7, 11) is 2.04. The highest BCUT2D eigenvalue weighted by Crippen LogP contribution is 2.38. The Balaban J connectivity index is 1.15. The second-order valence-electron chi connectivity index (χ2n) is 10.8. The Hall–Kier alpha value is -5.88.